The first kappa shape index (κ1) is 51.8. The van der Waals surface area contributed by atoms with Gasteiger partial charge in [0.25, 0.3) is 11.8 Å². The monoisotopic (exact) mass is 932 g/mol. The maximum atomic E-state index is 14.6. The molecule has 1 aromatic carbocycles. The highest BCUT2D eigenvalue weighted by molar-refractivity contribution is 6.21. The van der Waals surface area contributed by atoms with Crippen molar-refractivity contribution in [3.05, 3.63) is 35.4 Å². The van der Waals surface area contributed by atoms with Gasteiger partial charge in [-0.2, -0.15) is 0 Å². The molecule has 0 spiro atoms. The summed E-state index contributed by atoms with van der Waals surface area (Å²) in [6.07, 6.45) is -8.69. The minimum absolute atomic E-state index is 0.0846. The van der Waals surface area contributed by atoms with E-state index in [2.05, 4.69) is 5.32 Å². The van der Waals surface area contributed by atoms with E-state index in [-0.39, 0.29) is 49.9 Å². The van der Waals surface area contributed by atoms with Crippen molar-refractivity contribution in [1.82, 2.24) is 15.1 Å². The zero-order valence-electron chi connectivity index (χ0n) is 40.8. The van der Waals surface area contributed by atoms with Crippen molar-refractivity contribution in [2.75, 3.05) is 34.4 Å². The Morgan fingerprint density at radius 1 is 0.864 bits per heavy atom. The highest BCUT2D eigenvalue weighted by atomic mass is 16.7. The minimum Gasteiger partial charge on any atom is -0.458 e. The number of esters is 1. The van der Waals surface area contributed by atoms with Crippen LogP contribution in [-0.4, -0.2) is 168 Å². The van der Waals surface area contributed by atoms with Crippen LogP contribution < -0.4 is 5.32 Å². The summed E-state index contributed by atoms with van der Waals surface area (Å²) in [5.41, 5.74) is -3.11. The van der Waals surface area contributed by atoms with Crippen molar-refractivity contribution >= 4 is 29.7 Å². The summed E-state index contributed by atoms with van der Waals surface area (Å²) in [5, 5.41) is 26.1. The van der Waals surface area contributed by atoms with Gasteiger partial charge in [0.1, 0.15) is 24.1 Å². The maximum Gasteiger partial charge on any atom is 0.408 e. The fraction of sp³-hybridized carbons (Fsp3) is 0.771. The zero-order valence-corrected chi connectivity index (χ0v) is 40.8. The van der Waals surface area contributed by atoms with Crippen LogP contribution in [0.15, 0.2) is 24.3 Å². The summed E-state index contributed by atoms with van der Waals surface area (Å²) in [4.78, 5) is 71.6. The SMILES string of the molecule is CC[C@H]1OC(=O)[C@H](C)[C@@H](O[C@H]2C[C@@](C)(OC)[C@@H](O)[C@H](C)O2)[C@H](C)[C@@H](O[C@@H]2O[C@H](C)C[C@H](N(C)CCN3C(=O)c4ccccc4C3=O)[C@H]2O)[C@@](C)(OC)C[C@@H](C)C(=O)[C@H](C)[C@H]2NC(=O)O[C@@]21C. The number of hydrogen-bond donors (Lipinski definition) is 3. The summed E-state index contributed by atoms with van der Waals surface area (Å²) in [6, 6.07) is 5.29. The van der Waals surface area contributed by atoms with Crippen LogP contribution in [0.25, 0.3) is 0 Å². The van der Waals surface area contributed by atoms with Gasteiger partial charge in [-0.1, -0.05) is 39.8 Å². The van der Waals surface area contributed by atoms with Gasteiger partial charge in [0, 0.05) is 57.5 Å². The van der Waals surface area contributed by atoms with Gasteiger partial charge in [0.2, 0.25) is 0 Å². The van der Waals surface area contributed by atoms with E-state index in [4.69, 9.17) is 37.9 Å². The third kappa shape index (κ3) is 9.81. The van der Waals surface area contributed by atoms with Gasteiger partial charge in [-0.05, 0) is 80.0 Å². The first-order valence-corrected chi connectivity index (χ1v) is 23.4. The molecule has 5 aliphatic rings. The molecule has 4 fully saturated rings. The van der Waals surface area contributed by atoms with Gasteiger partial charge < -0.3 is 53.4 Å². The number of aliphatic hydroxyl groups excluding tert-OH is 2. The standard InChI is InChI=1S/C48H73N3O15/c1-14-33-48(10)38(49-45(58)66-48)26(4)35(52)24(2)22-47(9,60-13)40(27(5)37(28(6)43(57)63-33)64-34-23-46(8,59-12)39(54)29(7)62-34)65-44-36(53)32(21-25(3)61-44)50(11)19-20-51-41(55)30-17-15-16-18-31(30)42(51)56/h15-18,24-29,32-34,36-40,44,53-54H,14,19-23H2,1-13H3,(H,49,58)/t24-,25-,26+,27+,28-,29+,32+,33-,34+,36-,37+,38-,39+,40-,44+,46-,47+,48-/m1/s1. The van der Waals surface area contributed by atoms with Crippen molar-refractivity contribution in [3.8, 4) is 0 Å². The summed E-state index contributed by atoms with van der Waals surface area (Å²) in [6.45, 7) is 17.9. The average molecular weight is 932 g/mol. The smallest absolute Gasteiger partial charge is 0.408 e. The molecule has 0 aliphatic carbocycles. The summed E-state index contributed by atoms with van der Waals surface area (Å²) < 4.78 is 50.9. The van der Waals surface area contributed by atoms with Crippen LogP contribution in [0.1, 0.15) is 116 Å². The third-order valence-electron chi connectivity index (χ3n) is 15.3. The van der Waals surface area contributed by atoms with Gasteiger partial charge in [-0.15, -0.1) is 0 Å². The molecular formula is C48H73N3O15. The second-order valence-corrected chi connectivity index (χ2v) is 20.0. The van der Waals surface area contributed by atoms with Crippen LogP contribution in [0, 0.1) is 23.7 Å². The number of fused-ring (bicyclic) bond motifs is 2. The van der Waals surface area contributed by atoms with E-state index in [1.165, 1.54) is 19.1 Å². The lowest BCUT2D eigenvalue weighted by Crippen LogP contribution is -2.62. The second kappa shape index (κ2) is 20.2. The summed E-state index contributed by atoms with van der Waals surface area (Å²) >= 11 is 0. The number of ether oxygens (including phenoxy) is 8. The van der Waals surface area contributed by atoms with Crippen LogP contribution in [-0.2, 0) is 47.5 Å². The molecule has 0 unspecified atom stereocenters. The van der Waals surface area contributed by atoms with Crippen molar-refractivity contribution in [1.29, 1.82) is 0 Å². The molecule has 0 aromatic heterocycles. The van der Waals surface area contributed by atoms with Gasteiger partial charge >= 0.3 is 12.1 Å². The number of likely N-dealkylation sites (N-methyl/N-ethyl adjacent to an activating group) is 1. The Hall–Kier alpha value is -3.59. The Morgan fingerprint density at radius 3 is 2.08 bits per heavy atom. The average Bonchev–Trinajstić information content (AvgIpc) is 3.73. The number of aliphatic hydroxyl groups is 2. The topological polar surface area (TPSA) is 218 Å². The Labute approximate surface area is 388 Å². The molecule has 18 nitrogen and oxygen atoms in total. The highest BCUT2D eigenvalue weighted by Crippen LogP contribution is 2.43. The van der Waals surface area contributed by atoms with Crippen LogP contribution in [0.2, 0.25) is 0 Å². The molecule has 6 rings (SSSR count). The second-order valence-electron chi connectivity index (χ2n) is 20.0. The van der Waals surface area contributed by atoms with E-state index in [0.717, 1.165) is 0 Å². The van der Waals surface area contributed by atoms with Gasteiger partial charge in [0.15, 0.2) is 18.2 Å². The van der Waals surface area contributed by atoms with E-state index in [9.17, 15) is 34.2 Å². The fourth-order valence-electron chi connectivity index (χ4n) is 11.1. The number of carbonyl (C=O) groups excluding carboxylic acids is 5. The van der Waals surface area contributed by atoms with Crippen molar-refractivity contribution in [3.63, 3.8) is 0 Å². The van der Waals surface area contributed by atoms with Gasteiger partial charge in [-0.3, -0.25) is 29.0 Å². The molecule has 370 valence electrons. The predicted octanol–water partition coefficient (Wildman–Crippen LogP) is 3.86. The molecule has 0 radical (unpaired) electrons. The molecule has 18 atom stereocenters. The molecule has 1 aromatic rings. The van der Waals surface area contributed by atoms with Crippen molar-refractivity contribution in [2.45, 2.75) is 179 Å². The van der Waals surface area contributed by atoms with E-state index in [1.807, 2.05) is 18.7 Å². The van der Waals surface area contributed by atoms with Crippen LogP contribution in [0.4, 0.5) is 4.79 Å². The third-order valence-corrected chi connectivity index (χ3v) is 15.3. The molecule has 0 saturated carbocycles. The van der Waals surface area contributed by atoms with E-state index >= 15 is 0 Å². The van der Waals surface area contributed by atoms with E-state index in [1.54, 1.807) is 86.7 Å². The Balaban J connectivity index is 1.36. The largest absolute Gasteiger partial charge is 0.458 e. The Morgan fingerprint density at radius 2 is 1.48 bits per heavy atom. The number of alkyl carbamates (subject to hydrolysis) is 1. The summed E-state index contributed by atoms with van der Waals surface area (Å²) in [5.74, 6) is -4.93. The van der Waals surface area contributed by atoms with Crippen molar-refractivity contribution < 1.29 is 72.1 Å². The maximum absolute atomic E-state index is 14.6. The van der Waals surface area contributed by atoms with Gasteiger partial charge in [0.05, 0.1) is 58.7 Å². The van der Waals surface area contributed by atoms with E-state index < -0.39 is 120 Å². The minimum atomic E-state index is -1.41. The highest BCUT2D eigenvalue weighted by Gasteiger charge is 2.58. The van der Waals surface area contributed by atoms with E-state index in [0.29, 0.717) is 17.5 Å². The molecule has 18 heteroatoms. The Bertz CT molecular complexity index is 1920. The van der Waals surface area contributed by atoms with Crippen molar-refractivity contribution in [2.24, 2.45) is 23.7 Å². The number of imide groups is 1. The predicted molar refractivity (Wildman–Crippen MR) is 237 cm³/mol. The molecule has 5 aliphatic heterocycles. The number of benzene rings is 1. The number of rotatable bonds is 11. The number of ketones is 1. The summed E-state index contributed by atoms with van der Waals surface area (Å²) in [7, 11) is 4.80. The molecule has 66 heavy (non-hydrogen) atoms. The van der Waals surface area contributed by atoms with Crippen LogP contribution >= 0.6 is 0 Å². The molecule has 0 bridgehead atoms. The fourth-order valence-corrected chi connectivity index (χ4v) is 11.1. The molecule has 3 amide bonds. The molecule has 5 heterocycles. The molecule has 3 N–H and O–H groups in total. The number of Topliss-reactive ketones (excluding diaryl/α,β-unsaturated/α-hetero) is 1. The zero-order chi connectivity index (χ0) is 48.8. The lowest BCUT2D eigenvalue weighted by molar-refractivity contribution is -0.319. The number of nitrogens with zero attached hydrogens (tertiary/aromatic N) is 2. The first-order valence-electron chi connectivity index (χ1n) is 23.4. The Kier molecular flexibility index (Phi) is 15.8. The quantitative estimate of drug-likeness (QED) is 0.212. The molecule has 4 saturated heterocycles. The normalized spacial score (nSPS) is 42.6. The number of carbonyl (C=O) groups is 5. The van der Waals surface area contributed by atoms with Crippen LogP contribution in [0.5, 0.6) is 0 Å². The number of hydrogen-bond acceptors (Lipinski definition) is 16. The number of methoxy groups -OCH3 is 2. The number of nitrogens with one attached hydrogen (secondary N) is 1. The molecular weight excluding hydrogens is 859 g/mol. The van der Waals surface area contributed by atoms with Crippen LogP contribution in [0.3, 0.4) is 0 Å². The van der Waals surface area contributed by atoms with Gasteiger partial charge in [-0.25, -0.2) is 4.79 Å². The number of amides is 3. The lowest BCUT2D eigenvalue weighted by atomic mass is 9.73. The lowest BCUT2D eigenvalue weighted by Gasteiger charge is -2.50. The first-order chi connectivity index (χ1) is 30.9. The number of cyclic esters (lactones) is 1.